The van der Waals surface area contributed by atoms with Crippen LogP contribution in [0, 0.1) is 71.0 Å². The zero-order valence-electron chi connectivity index (χ0n) is 54.4. The van der Waals surface area contributed by atoms with Gasteiger partial charge in [-0.25, -0.2) is 4.98 Å². The van der Waals surface area contributed by atoms with Gasteiger partial charge in [-0.2, -0.15) is 5.70 Å². The molecule has 15 atom stereocenters. The largest absolute Gasteiger partial charge is 3.00 e. The molecule has 1 unspecified atom stereocenters. The first-order chi connectivity index (χ1) is 42.8. The third kappa shape index (κ3) is 14.6. The predicted octanol–water partition coefficient (Wildman–Crippen LogP) is 3.41. The Morgan fingerprint density at radius 3 is 1.96 bits per heavy atom. The molecule has 2 aromatic rings. The van der Waals surface area contributed by atoms with Gasteiger partial charge in [0.15, 0.2) is 6.23 Å². The fraction of sp³-hybridized carbons (Fsp3) is 0.619. The molecule has 30 heteroatoms. The van der Waals surface area contributed by atoms with Crippen LogP contribution in [0.25, 0.3) is 16.4 Å². The number of aliphatic hydroxyl groups is 2. The minimum absolute atomic E-state index is 0. The van der Waals surface area contributed by atoms with Crippen LogP contribution in [0.2, 0.25) is 0 Å². The molecule has 15 N–H and O–H groups in total. The third-order valence-electron chi connectivity index (χ3n) is 20.5. The average Bonchev–Trinajstić information content (AvgIpc) is 1.53. The summed E-state index contributed by atoms with van der Waals surface area (Å²) in [7, 11) is -5.32. The summed E-state index contributed by atoms with van der Waals surface area (Å²) in [6.07, 6.45) is -4.79. The molecule has 0 aliphatic carbocycles. The predicted molar refractivity (Wildman–Crippen MR) is 337 cm³/mol. The van der Waals surface area contributed by atoms with Crippen LogP contribution in [-0.2, 0) is 68.7 Å². The fourth-order valence-corrected chi connectivity index (χ4v) is 16.4. The summed E-state index contributed by atoms with van der Waals surface area (Å²) in [5.74, 6) is -7.40. The van der Waals surface area contributed by atoms with Crippen molar-refractivity contribution in [2.45, 2.75) is 189 Å². The number of aromatic nitrogens is 2. The Bertz CT molecular complexity index is 3600. The number of hydrogen-bond donors (Lipinski definition) is 9. The maximum absolute atomic E-state index is 14.4. The summed E-state index contributed by atoms with van der Waals surface area (Å²) in [6.45, 7) is 23.7. The van der Waals surface area contributed by atoms with E-state index in [2.05, 4.69) is 10.3 Å². The molecule has 28 nitrogen and oxygen atoms in total. The van der Waals surface area contributed by atoms with E-state index in [0.29, 0.717) is 56.4 Å². The van der Waals surface area contributed by atoms with E-state index < -0.39 is 143 Å². The Balaban J connectivity index is 0.00000453. The molecule has 508 valence electrons. The SMILES string of the molecule is CC1=C2[N-][C@@](C)([C@@H]3N=C(C(C)=C4N=C(C=C5N=C1[C@@](C)(CC(N)=O)[C@H]5CCC(N)=O)C(C)(C)[C@H]4CCC(N)=O)[C@](C)(CCC(=O)NC[C@@H](C)OP(=O)([O-])O[C@H]1[C@@H](O)[C@@H](n4cnc5cc(C)c(C)cc54)O[C@H]1CO)[C@H]3CC(N)=O)[C@@](C)(CC(N)=O)[C@@H]2CCC(N)=O.[C-]#N.[Co+3]. The van der Waals surface area contributed by atoms with E-state index in [-0.39, 0.29) is 94.0 Å². The van der Waals surface area contributed by atoms with Gasteiger partial charge in [-0.3, -0.25) is 53.1 Å². The smallest absolute Gasteiger partial charge is 0.756 e. The number of allylic oxidation sites excluding steroid dienone is 6. The number of aliphatic hydroxyl groups excluding tert-OH is 2. The molecule has 2 saturated heterocycles. The molecule has 0 saturated carbocycles. The Morgan fingerprint density at radius 2 is 1.39 bits per heavy atom. The summed E-state index contributed by atoms with van der Waals surface area (Å²) >= 11 is 0. The van der Waals surface area contributed by atoms with Gasteiger partial charge in [-0.05, 0) is 118 Å². The minimum atomic E-state index is -5.32. The molecule has 7 heterocycles. The van der Waals surface area contributed by atoms with Gasteiger partial charge in [0, 0.05) is 114 Å². The van der Waals surface area contributed by atoms with Gasteiger partial charge in [0.25, 0.3) is 7.82 Å². The molecule has 1 aromatic heterocycles. The number of benzene rings is 1. The second kappa shape index (κ2) is 28.5. The van der Waals surface area contributed by atoms with Gasteiger partial charge in [-0.15, -0.1) is 0 Å². The van der Waals surface area contributed by atoms with Crippen LogP contribution < -0.4 is 44.6 Å². The number of nitrogens with two attached hydrogens (primary N) is 6. The van der Waals surface area contributed by atoms with Crippen molar-refractivity contribution < 1.29 is 83.8 Å². The van der Waals surface area contributed by atoms with Crippen molar-refractivity contribution in [3.8, 4) is 0 Å². The molecule has 6 aliphatic heterocycles. The molecule has 6 aliphatic rings. The number of rotatable bonds is 26. The number of imidazole rings is 1. The van der Waals surface area contributed by atoms with E-state index in [1.54, 1.807) is 6.92 Å². The first-order valence-electron chi connectivity index (χ1n) is 30.7. The van der Waals surface area contributed by atoms with Gasteiger partial charge in [-0.1, -0.05) is 47.1 Å². The van der Waals surface area contributed by atoms with Crippen LogP contribution in [-0.4, -0.2) is 127 Å². The number of phosphoric acid groups is 1. The number of aliphatic imine (C=N–C) groups is 3. The summed E-state index contributed by atoms with van der Waals surface area (Å²) in [6, 6.07) is 2.65. The van der Waals surface area contributed by atoms with E-state index in [9.17, 15) is 53.2 Å². The van der Waals surface area contributed by atoms with Crippen molar-refractivity contribution in [1.82, 2.24) is 14.9 Å². The van der Waals surface area contributed by atoms with E-state index in [4.69, 9.17) is 80.3 Å². The van der Waals surface area contributed by atoms with Gasteiger partial charge < -0.3 is 90.3 Å². The Hall–Kier alpha value is -7.00. The Labute approximate surface area is 551 Å². The number of fused-ring (bicyclic) bond motifs is 7. The summed E-state index contributed by atoms with van der Waals surface area (Å²) < 4.78 is 31.9. The average molecular weight is 1360 g/mol. The second-order valence-corrected chi connectivity index (χ2v) is 28.3. The van der Waals surface area contributed by atoms with Crippen LogP contribution in [0.4, 0.5) is 0 Å². The zero-order chi connectivity index (χ0) is 68.7. The second-order valence-electron chi connectivity index (χ2n) is 27.0. The van der Waals surface area contributed by atoms with E-state index >= 15 is 0 Å². The summed E-state index contributed by atoms with van der Waals surface area (Å²) in [5.41, 5.74) is 36.7. The molecule has 8 bridgehead atoms. The van der Waals surface area contributed by atoms with Crippen molar-refractivity contribution >= 4 is 77.3 Å². The number of carbonyl (C=O) groups excluding carboxylic acids is 7. The third-order valence-corrected chi connectivity index (χ3v) is 21.6. The molecule has 0 spiro atoms. The maximum Gasteiger partial charge on any atom is 3.00 e. The van der Waals surface area contributed by atoms with Crippen molar-refractivity contribution in [3.63, 3.8) is 0 Å². The number of nitrogens with zero attached hydrogens (tertiary/aromatic N) is 7. The van der Waals surface area contributed by atoms with Crippen molar-refractivity contribution in [3.05, 3.63) is 75.8 Å². The number of amides is 7. The number of hydrogen-bond acceptors (Lipinski definition) is 19. The molecular formula is C63H88CoN14O14P. The molecule has 2 fully saturated rings. The molecular weight excluding hydrogens is 1270 g/mol. The summed E-state index contributed by atoms with van der Waals surface area (Å²) in [4.78, 5) is 128. The monoisotopic (exact) mass is 1350 g/mol. The summed E-state index contributed by atoms with van der Waals surface area (Å²) in [5, 5.41) is 36.4. The zero-order valence-corrected chi connectivity index (χ0v) is 56.4. The van der Waals surface area contributed by atoms with Crippen LogP contribution in [0.1, 0.15) is 150 Å². The molecule has 1 aromatic carbocycles. The van der Waals surface area contributed by atoms with Crippen LogP contribution in [0.5, 0.6) is 0 Å². The van der Waals surface area contributed by atoms with Gasteiger partial charge in [0.05, 0.1) is 30.1 Å². The van der Waals surface area contributed by atoms with E-state index in [0.717, 1.165) is 11.1 Å². The Kier molecular flexibility index (Phi) is 23.0. The number of primary amides is 6. The molecule has 93 heavy (non-hydrogen) atoms. The molecule has 0 radical (unpaired) electrons. The standard InChI is InChI=1S/C62H90N13O14P.CN.Co/c1-29-20-39-40(21-30(29)2)75(28-70-39)57-52(84)53(41(27-76)87-57)89-90(85,86)88-31(3)26-69-49(83)18-19-59(8)37(22-46(66)80)56-62(11)61(10,25-48(68)82)36(14-17-45(65)79)51(74-62)33(5)55-60(9,24-47(67)81)34(12-15-43(63)77)38(71-55)23-42-58(6,7)35(13-16-44(64)78)50(72-42)32(4)54(59)73-56;1-2;/h20-21,23,28,31,34-37,41,52-53,56-57,76,84H,12-19,22,24-27H2,1-11H3,(H15,63,64,65,66,67,68,69,71,72,73,74,77,78,79,80,81,82,83,85,86);;/q;-1;+3/p-2/t31-,34+,35+,36-,37+,41+,52-,53-,56-,57+,59-,60+,61+,62+;;/m1../s1. The van der Waals surface area contributed by atoms with E-state index in [1.807, 2.05) is 80.5 Å². The molecule has 8 rings (SSSR count). The Morgan fingerprint density at radius 1 is 0.806 bits per heavy atom. The quantitative estimate of drug-likeness (QED) is 0.0481. The van der Waals surface area contributed by atoms with Crippen molar-refractivity contribution in [1.29, 1.82) is 5.26 Å². The maximum atomic E-state index is 14.4. The first kappa shape index (κ1) is 75.0. The number of phosphoric ester groups is 1. The normalized spacial score (nSPS) is 31.0. The van der Waals surface area contributed by atoms with Crippen molar-refractivity contribution in [2.24, 2.45) is 94.7 Å². The topological polar surface area (TPSA) is 489 Å². The van der Waals surface area contributed by atoms with E-state index in [1.165, 1.54) is 17.8 Å². The fourth-order valence-electron chi connectivity index (χ4n) is 15.3. The van der Waals surface area contributed by atoms with Gasteiger partial charge in [0.2, 0.25) is 41.4 Å². The first-order valence-corrected chi connectivity index (χ1v) is 32.2. The van der Waals surface area contributed by atoms with Crippen LogP contribution >= 0.6 is 7.82 Å². The number of nitrogens with one attached hydrogen (secondary N) is 1. The minimum Gasteiger partial charge on any atom is -0.756 e. The van der Waals surface area contributed by atoms with Crippen molar-refractivity contribution in [2.75, 3.05) is 13.2 Å². The van der Waals surface area contributed by atoms with Gasteiger partial charge >= 0.3 is 16.8 Å². The van der Waals surface area contributed by atoms with Crippen LogP contribution in [0.15, 0.2) is 67.8 Å². The number of ether oxygens (including phenoxy) is 1. The molecule has 7 amide bonds. The number of carbonyl (C=O) groups is 7. The van der Waals surface area contributed by atoms with Gasteiger partial charge in [0.1, 0.15) is 18.3 Å². The van der Waals surface area contributed by atoms with Crippen LogP contribution in [0.3, 0.4) is 0 Å². The number of aryl methyl sites for hydroxylation is 2.